The first-order chi connectivity index (χ1) is 9.45. The highest BCUT2D eigenvalue weighted by Gasteiger charge is 2.18. The molecule has 0 saturated carbocycles. The number of hydrogen-bond acceptors (Lipinski definition) is 4. The molecule has 1 aromatic heterocycles. The summed E-state index contributed by atoms with van der Waals surface area (Å²) in [7, 11) is 1.26. The Labute approximate surface area is 116 Å². The van der Waals surface area contributed by atoms with Gasteiger partial charge in [0.15, 0.2) is 5.43 Å². The van der Waals surface area contributed by atoms with Crippen LogP contribution in [0.5, 0.6) is 0 Å². The van der Waals surface area contributed by atoms with Crippen molar-refractivity contribution in [2.45, 2.75) is 13.8 Å². The van der Waals surface area contributed by atoms with E-state index in [0.717, 1.165) is 11.4 Å². The minimum atomic E-state index is -0.634. The Hall–Kier alpha value is -2.56. The maximum atomic E-state index is 12.0. The second-order valence-electron chi connectivity index (χ2n) is 4.53. The number of nitrogen functional groups attached to an aromatic ring is 1. The van der Waals surface area contributed by atoms with Crippen LogP contribution >= 0.6 is 0 Å². The second-order valence-corrected chi connectivity index (χ2v) is 4.53. The van der Waals surface area contributed by atoms with Crippen LogP contribution in [0, 0.1) is 13.8 Å². The van der Waals surface area contributed by atoms with Gasteiger partial charge in [-0.1, -0.05) is 6.07 Å². The zero-order valence-electron chi connectivity index (χ0n) is 11.6. The molecule has 2 rings (SSSR count). The number of pyridine rings is 1. The molecule has 0 atom stereocenters. The highest BCUT2D eigenvalue weighted by atomic mass is 16.5. The monoisotopic (exact) mass is 272 g/mol. The normalized spacial score (nSPS) is 10.3. The lowest BCUT2D eigenvalue weighted by Gasteiger charge is -2.17. The summed E-state index contributed by atoms with van der Waals surface area (Å²) in [4.78, 5) is 23.7. The van der Waals surface area contributed by atoms with Gasteiger partial charge < -0.3 is 15.0 Å². The standard InChI is InChI=1S/C15H16N2O3/c1-9-7-13(18)14(15(19)20-3)10(2)17(9)12-6-4-5-11(16)8-12/h4-8H,16H2,1-3H3. The number of rotatable bonds is 2. The number of aryl methyl sites for hydroxylation is 1. The summed E-state index contributed by atoms with van der Waals surface area (Å²) < 4.78 is 6.48. The van der Waals surface area contributed by atoms with Crippen molar-refractivity contribution in [2.75, 3.05) is 12.8 Å². The Bertz CT molecular complexity index is 732. The van der Waals surface area contributed by atoms with Gasteiger partial charge in [0.1, 0.15) is 5.56 Å². The van der Waals surface area contributed by atoms with Crippen molar-refractivity contribution in [2.24, 2.45) is 0 Å². The molecule has 5 heteroatoms. The zero-order valence-corrected chi connectivity index (χ0v) is 11.6. The van der Waals surface area contributed by atoms with Gasteiger partial charge in [-0.25, -0.2) is 4.79 Å². The Balaban J connectivity index is 2.77. The summed E-state index contributed by atoms with van der Waals surface area (Å²) >= 11 is 0. The van der Waals surface area contributed by atoms with Crippen LogP contribution < -0.4 is 11.2 Å². The molecule has 1 heterocycles. The molecule has 2 N–H and O–H groups in total. The number of esters is 1. The molecule has 20 heavy (non-hydrogen) atoms. The van der Waals surface area contributed by atoms with Crippen molar-refractivity contribution < 1.29 is 9.53 Å². The van der Waals surface area contributed by atoms with Crippen molar-refractivity contribution in [3.8, 4) is 5.69 Å². The number of carbonyl (C=O) groups is 1. The molecule has 0 radical (unpaired) electrons. The maximum absolute atomic E-state index is 12.0. The number of benzene rings is 1. The third-order valence-corrected chi connectivity index (χ3v) is 3.15. The minimum absolute atomic E-state index is 0.0422. The molecule has 0 saturated heterocycles. The molecular weight excluding hydrogens is 256 g/mol. The van der Waals surface area contributed by atoms with Gasteiger partial charge in [-0.05, 0) is 32.0 Å². The first-order valence-electron chi connectivity index (χ1n) is 6.13. The van der Waals surface area contributed by atoms with Crippen LogP contribution in [0.25, 0.3) is 5.69 Å². The third-order valence-electron chi connectivity index (χ3n) is 3.15. The average Bonchev–Trinajstić information content (AvgIpc) is 2.37. The number of carbonyl (C=O) groups excluding carboxylic acids is 1. The van der Waals surface area contributed by atoms with E-state index in [1.807, 2.05) is 16.7 Å². The fourth-order valence-electron chi connectivity index (χ4n) is 2.29. The van der Waals surface area contributed by atoms with Gasteiger partial charge in [0.25, 0.3) is 0 Å². The van der Waals surface area contributed by atoms with Crippen LogP contribution in [-0.4, -0.2) is 17.6 Å². The van der Waals surface area contributed by atoms with Crippen molar-refractivity contribution >= 4 is 11.7 Å². The summed E-state index contributed by atoms with van der Waals surface area (Å²) in [5, 5.41) is 0. The largest absolute Gasteiger partial charge is 0.465 e. The number of nitrogens with zero attached hydrogens (tertiary/aromatic N) is 1. The first-order valence-corrected chi connectivity index (χ1v) is 6.13. The van der Waals surface area contributed by atoms with E-state index in [1.54, 1.807) is 26.0 Å². The SMILES string of the molecule is COC(=O)c1c(C)n(-c2cccc(N)c2)c(C)cc1=O. The van der Waals surface area contributed by atoms with E-state index in [9.17, 15) is 9.59 Å². The molecule has 0 amide bonds. The molecule has 0 aliphatic rings. The predicted octanol–water partition coefficient (Wildman–Crippen LogP) is 1.82. The Morgan fingerprint density at radius 1 is 1.25 bits per heavy atom. The lowest BCUT2D eigenvalue weighted by molar-refractivity contribution is 0.0597. The van der Waals surface area contributed by atoms with E-state index in [0.29, 0.717) is 11.4 Å². The van der Waals surface area contributed by atoms with E-state index in [4.69, 9.17) is 5.73 Å². The maximum Gasteiger partial charge on any atom is 0.343 e. The third kappa shape index (κ3) is 2.30. The lowest BCUT2D eigenvalue weighted by Crippen LogP contribution is -2.23. The summed E-state index contributed by atoms with van der Waals surface area (Å²) in [6.07, 6.45) is 0. The van der Waals surface area contributed by atoms with Gasteiger partial charge in [0.05, 0.1) is 7.11 Å². The molecule has 2 aromatic rings. The molecule has 1 aromatic carbocycles. The van der Waals surface area contributed by atoms with Gasteiger partial charge >= 0.3 is 5.97 Å². The highest BCUT2D eigenvalue weighted by molar-refractivity contribution is 5.90. The Morgan fingerprint density at radius 3 is 2.55 bits per heavy atom. The van der Waals surface area contributed by atoms with Crippen molar-refractivity contribution in [3.63, 3.8) is 0 Å². The van der Waals surface area contributed by atoms with Crippen molar-refractivity contribution in [1.29, 1.82) is 0 Å². The fourth-order valence-corrected chi connectivity index (χ4v) is 2.29. The van der Waals surface area contributed by atoms with Gasteiger partial charge in [0.2, 0.25) is 0 Å². The zero-order chi connectivity index (χ0) is 14.9. The number of nitrogens with two attached hydrogens (primary N) is 1. The Kier molecular flexibility index (Phi) is 3.61. The van der Waals surface area contributed by atoms with Gasteiger partial charge in [-0.3, -0.25) is 4.79 Å². The van der Waals surface area contributed by atoms with E-state index in [2.05, 4.69) is 4.74 Å². The highest BCUT2D eigenvalue weighted by Crippen LogP contribution is 2.18. The number of methoxy groups -OCH3 is 1. The van der Waals surface area contributed by atoms with E-state index < -0.39 is 5.97 Å². The fraction of sp³-hybridized carbons (Fsp3) is 0.200. The quantitative estimate of drug-likeness (QED) is 0.668. The van der Waals surface area contributed by atoms with Crippen LogP contribution in [0.15, 0.2) is 35.1 Å². The van der Waals surface area contributed by atoms with E-state index >= 15 is 0 Å². The summed E-state index contributed by atoms with van der Waals surface area (Å²) in [5.74, 6) is -0.634. The van der Waals surface area contributed by atoms with Crippen LogP contribution in [0.3, 0.4) is 0 Å². The van der Waals surface area contributed by atoms with E-state index in [-0.39, 0.29) is 11.0 Å². The number of hydrogen-bond donors (Lipinski definition) is 1. The summed E-state index contributed by atoms with van der Waals surface area (Å²) in [6, 6.07) is 8.66. The number of anilines is 1. The first kappa shape index (κ1) is 13.9. The van der Waals surface area contributed by atoms with Crippen LogP contribution in [0.2, 0.25) is 0 Å². The van der Waals surface area contributed by atoms with Crippen molar-refractivity contribution in [3.05, 3.63) is 57.5 Å². The summed E-state index contributed by atoms with van der Waals surface area (Å²) in [6.45, 7) is 3.52. The van der Waals surface area contributed by atoms with Crippen LogP contribution in [0.4, 0.5) is 5.69 Å². The van der Waals surface area contributed by atoms with Crippen LogP contribution in [0.1, 0.15) is 21.7 Å². The van der Waals surface area contributed by atoms with Crippen LogP contribution in [-0.2, 0) is 4.74 Å². The van der Waals surface area contributed by atoms with Gasteiger partial charge in [-0.2, -0.15) is 0 Å². The molecule has 104 valence electrons. The molecule has 5 nitrogen and oxygen atoms in total. The van der Waals surface area contributed by atoms with E-state index in [1.165, 1.54) is 13.2 Å². The molecule has 0 aliphatic carbocycles. The average molecular weight is 272 g/mol. The molecular formula is C15H16N2O3. The Morgan fingerprint density at radius 2 is 1.95 bits per heavy atom. The smallest absolute Gasteiger partial charge is 0.343 e. The lowest BCUT2D eigenvalue weighted by atomic mass is 10.1. The topological polar surface area (TPSA) is 74.3 Å². The molecule has 0 aliphatic heterocycles. The van der Waals surface area contributed by atoms with Gasteiger partial charge in [0, 0.05) is 28.8 Å². The number of ether oxygens (including phenoxy) is 1. The molecule has 0 spiro atoms. The number of aromatic nitrogens is 1. The molecule has 0 fully saturated rings. The predicted molar refractivity (Wildman–Crippen MR) is 77.3 cm³/mol. The minimum Gasteiger partial charge on any atom is -0.465 e. The molecule has 0 bridgehead atoms. The summed E-state index contributed by atoms with van der Waals surface area (Å²) in [5.41, 5.74) is 8.15. The second kappa shape index (κ2) is 5.21. The van der Waals surface area contributed by atoms with Gasteiger partial charge in [-0.15, -0.1) is 0 Å². The van der Waals surface area contributed by atoms with Crippen molar-refractivity contribution in [1.82, 2.24) is 4.57 Å². The molecule has 0 unspecified atom stereocenters.